The summed E-state index contributed by atoms with van der Waals surface area (Å²) in [5, 5.41) is 3.50. The van der Waals surface area contributed by atoms with Crippen LogP contribution in [0.1, 0.15) is 39.5 Å². The van der Waals surface area contributed by atoms with Crippen LogP contribution in [0, 0.1) is 5.92 Å². The van der Waals surface area contributed by atoms with Crippen molar-refractivity contribution in [2.45, 2.75) is 45.6 Å². The number of nitrogens with one attached hydrogen (secondary N) is 1. The Kier molecular flexibility index (Phi) is 5.49. The molecule has 14 heavy (non-hydrogen) atoms. The van der Waals surface area contributed by atoms with Crippen molar-refractivity contribution in [3.05, 3.63) is 0 Å². The van der Waals surface area contributed by atoms with Gasteiger partial charge in [-0.2, -0.15) is 0 Å². The van der Waals surface area contributed by atoms with Crippen molar-refractivity contribution in [1.82, 2.24) is 10.2 Å². The standard InChI is InChI=1S/C12H26N2/c1-4-6-7-8-14(3)12-10-13-9-11(12)5-2/h11-13H,4-10H2,1-3H3. The summed E-state index contributed by atoms with van der Waals surface area (Å²) in [7, 11) is 2.29. The molecule has 0 saturated carbocycles. The highest BCUT2D eigenvalue weighted by Crippen LogP contribution is 2.18. The Morgan fingerprint density at radius 3 is 2.64 bits per heavy atom. The maximum absolute atomic E-state index is 3.50. The molecule has 2 atom stereocenters. The Hall–Kier alpha value is -0.0800. The Morgan fingerprint density at radius 2 is 2.00 bits per heavy atom. The van der Waals surface area contributed by atoms with Crippen LogP contribution >= 0.6 is 0 Å². The second-order valence-corrected chi connectivity index (χ2v) is 4.58. The van der Waals surface area contributed by atoms with Crippen LogP contribution in [0.4, 0.5) is 0 Å². The van der Waals surface area contributed by atoms with E-state index in [4.69, 9.17) is 0 Å². The van der Waals surface area contributed by atoms with Gasteiger partial charge in [-0.05, 0) is 32.5 Å². The molecule has 2 nitrogen and oxygen atoms in total. The lowest BCUT2D eigenvalue weighted by molar-refractivity contribution is 0.205. The maximum Gasteiger partial charge on any atom is 0.0257 e. The molecule has 1 aliphatic rings. The summed E-state index contributed by atoms with van der Waals surface area (Å²) in [6.45, 7) is 8.27. The highest BCUT2D eigenvalue weighted by atomic mass is 15.2. The van der Waals surface area contributed by atoms with Gasteiger partial charge >= 0.3 is 0 Å². The molecule has 0 bridgehead atoms. The van der Waals surface area contributed by atoms with Gasteiger partial charge in [0.05, 0.1) is 0 Å². The van der Waals surface area contributed by atoms with Gasteiger partial charge in [-0.15, -0.1) is 0 Å². The van der Waals surface area contributed by atoms with Crippen molar-refractivity contribution in [2.75, 3.05) is 26.7 Å². The monoisotopic (exact) mass is 198 g/mol. The molecule has 0 aromatic carbocycles. The SMILES string of the molecule is CCCCCN(C)C1CNCC1CC. The largest absolute Gasteiger partial charge is 0.315 e. The molecule has 2 heteroatoms. The first kappa shape index (κ1) is 12.0. The van der Waals surface area contributed by atoms with Crippen LogP contribution in [-0.4, -0.2) is 37.6 Å². The fraction of sp³-hybridized carbons (Fsp3) is 1.00. The summed E-state index contributed by atoms with van der Waals surface area (Å²) in [5.74, 6) is 0.877. The van der Waals surface area contributed by atoms with E-state index in [1.165, 1.54) is 45.3 Å². The quantitative estimate of drug-likeness (QED) is 0.658. The minimum atomic E-state index is 0.789. The van der Waals surface area contributed by atoms with Crippen molar-refractivity contribution in [3.63, 3.8) is 0 Å². The number of hydrogen-bond acceptors (Lipinski definition) is 2. The number of hydrogen-bond donors (Lipinski definition) is 1. The Bertz CT molecular complexity index is 147. The number of likely N-dealkylation sites (N-methyl/N-ethyl adjacent to an activating group) is 1. The van der Waals surface area contributed by atoms with Crippen molar-refractivity contribution in [3.8, 4) is 0 Å². The molecule has 1 saturated heterocycles. The highest BCUT2D eigenvalue weighted by Gasteiger charge is 2.28. The molecule has 1 fully saturated rings. The zero-order chi connectivity index (χ0) is 10.4. The number of unbranched alkanes of at least 4 members (excludes halogenated alkanes) is 2. The molecular weight excluding hydrogens is 172 g/mol. The lowest BCUT2D eigenvalue weighted by Gasteiger charge is -2.28. The van der Waals surface area contributed by atoms with Crippen LogP contribution in [0.15, 0.2) is 0 Å². The van der Waals surface area contributed by atoms with E-state index in [-0.39, 0.29) is 0 Å². The van der Waals surface area contributed by atoms with Gasteiger partial charge in [0, 0.05) is 12.6 Å². The van der Waals surface area contributed by atoms with E-state index in [1.807, 2.05) is 0 Å². The van der Waals surface area contributed by atoms with Crippen molar-refractivity contribution in [2.24, 2.45) is 5.92 Å². The molecule has 0 aliphatic carbocycles. The Balaban J connectivity index is 2.24. The van der Waals surface area contributed by atoms with E-state index in [0.29, 0.717) is 0 Å². The zero-order valence-electron chi connectivity index (χ0n) is 10.1. The molecule has 1 heterocycles. The first-order chi connectivity index (χ1) is 6.79. The van der Waals surface area contributed by atoms with Gasteiger partial charge in [0.25, 0.3) is 0 Å². The van der Waals surface area contributed by atoms with Gasteiger partial charge < -0.3 is 10.2 Å². The molecule has 1 aliphatic heterocycles. The molecule has 0 radical (unpaired) electrons. The summed E-state index contributed by atoms with van der Waals surface area (Å²) in [6.07, 6.45) is 5.38. The fourth-order valence-corrected chi connectivity index (χ4v) is 2.43. The van der Waals surface area contributed by atoms with Crippen LogP contribution in [-0.2, 0) is 0 Å². The third kappa shape index (κ3) is 3.25. The van der Waals surface area contributed by atoms with Crippen molar-refractivity contribution >= 4 is 0 Å². The van der Waals surface area contributed by atoms with Crippen LogP contribution in [0.3, 0.4) is 0 Å². The van der Waals surface area contributed by atoms with Gasteiger partial charge in [0.2, 0.25) is 0 Å². The highest BCUT2D eigenvalue weighted by molar-refractivity contribution is 4.86. The molecule has 1 N–H and O–H groups in total. The number of rotatable bonds is 6. The van der Waals surface area contributed by atoms with Crippen LogP contribution in [0.25, 0.3) is 0 Å². The molecule has 0 spiro atoms. The third-order valence-electron chi connectivity index (χ3n) is 3.51. The van der Waals surface area contributed by atoms with E-state index in [0.717, 1.165) is 12.0 Å². The van der Waals surface area contributed by atoms with Crippen LogP contribution in [0.5, 0.6) is 0 Å². The minimum Gasteiger partial charge on any atom is -0.315 e. The van der Waals surface area contributed by atoms with Gasteiger partial charge in [0.1, 0.15) is 0 Å². The number of nitrogens with zero attached hydrogens (tertiary/aromatic N) is 1. The minimum absolute atomic E-state index is 0.789. The fourth-order valence-electron chi connectivity index (χ4n) is 2.43. The topological polar surface area (TPSA) is 15.3 Å². The second-order valence-electron chi connectivity index (χ2n) is 4.58. The first-order valence-electron chi connectivity index (χ1n) is 6.20. The third-order valence-corrected chi connectivity index (χ3v) is 3.51. The van der Waals surface area contributed by atoms with Crippen molar-refractivity contribution < 1.29 is 0 Å². The molecule has 0 aromatic heterocycles. The van der Waals surface area contributed by atoms with E-state index in [2.05, 4.69) is 31.1 Å². The molecule has 2 unspecified atom stereocenters. The summed E-state index contributed by atoms with van der Waals surface area (Å²) < 4.78 is 0. The molecule has 84 valence electrons. The summed E-state index contributed by atoms with van der Waals surface area (Å²) in [6, 6.07) is 0.789. The Labute approximate surface area is 89.1 Å². The normalized spacial score (nSPS) is 27.4. The van der Waals surface area contributed by atoms with E-state index >= 15 is 0 Å². The average molecular weight is 198 g/mol. The van der Waals surface area contributed by atoms with Gasteiger partial charge in [-0.25, -0.2) is 0 Å². The van der Waals surface area contributed by atoms with Crippen molar-refractivity contribution in [1.29, 1.82) is 0 Å². The van der Waals surface area contributed by atoms with E-state index in [9.17, 15) is 0 Å². The predicted octanol–water partition coefficient (Wildman–Crippen LogP) is 2.11. The molecule has 0 amide bonds. The van der Waals surface area contributed by atoms with Crippen LogP contribution in [0.2, 0.25) is 0 Å². The lowest BCUT2D eigenvalue weighted by Crippen LogP contribution is -2.38. The Morgan fingerprint density at radius 1 is 1.21 bits per heavy atom. The zero-order valence-corrected chi connectivity index (χ0v) is 10.1. The first-order valence-corrected chi connectivity index (χ1v) is 6.20. The summed E-state index contributed by atoms with van der Waals surface area (Å²) in [4.78, 5) is 2.56. The van der Waals surface area contributed by atoms with E-state index < -0.39 is 0 Å². The lowest BCUT2D eigenvalue weighted by atomic mass is 9.99. The molecule has 1 rings (SSSR count). The average Bonchev–Trinajstić information content (AvgIpc) is 2.65. The maximum atomic E-state index is 3.50. The second kappa shape index (κ2) is 6.41. The van der Waals surface area contributed by atoms with E-state index in [1.54, 1.807) is 0 Å². The summed E-state index contributed by atoms with van der Waals surface area (Å²) in [5.41, 5.74) is 0. The molecule has 0 aromatic rings. The van der Waals surface area contributed by atoms with Gasteiger partial charge in [0.15, 0.2) is 0 Å². The molecular formula is C12H26N2. The van der Waals surface area contributed by atoms with Gasteiger partial charge in [-0.1, -0.05) is 33.1 Å². The summed E-state index contributed by atoms with van der Waals surface area (Å²) >= 11 is 0. The van der Waals surface area contributed by atoms with Gasteiger partial charge in [-0.3, -0.25) is 0 Å². The smallest absolute Gasteiger partial charge is 0.0257 e. The predicted molar refractivity (Wildman–Crippen MR) is 62.6 cm³/mol. The van der Waals surface area contributed by atoms with Crippen LogP contribution < -0.4 is 5.32 Å².